The molecule has 1 unspecified atom stereocenters. The molecule has 1 N–H and O–H groups in total. The Balaban J connectivity index is 1.20. The zero-order chi connectivity index (χ0) is 26.1. The van der Waals surface area contributed by atoms with Crippen LogP contribution in [0.5, 0.6) is 17.2 Å². The Morgan fingerprint density at radius 3 is 2.47 bits per heavy atom. The van der Waals surface area contributed by atoms with Crippen molar-refractivity contribution in [1.82, 2.24) is 5.32 Å². The molecule has 0 aliphatic carbocycles. The van der Waals surface area contributed by atoms with Gasteiger partial charge < -0.3 is 24.4 Å². The average Bonchev–Trinajstić information content (AvgIpc) is 3.62. The number of carbonyl (C=O) groups excluding carboxylic acids is 2. The molecular weight excluding hydrogens is 480 g/mol. The summed E-state index contributed by atoms with van der Waals surface area (Å²) in [5.41, 5.74) is 3.26. The number of nitrogens with zero attached hydrogens (tertiary/aromatic N) is 1. The van der Waals surface area contributed by atoms with Crippen LogP contribution in [0.15, 0.2) is 60.7 Å². The van der Waals surface area contributed by atoms with E-state index in [9.17, 15) is 9.59 Å². The molecule has 3 heterocycles. The number of benzene rings is 3. The van der Waals surface area contributed by atoms with Crippen LogP contribution in [0.25, 0.3) is 0 Å². The zero-order valence-corrected chi connectivity index (χ0v) is 21.6. The topological polar surface area (TPSA) is 77.1 Å². The molecule has 38 heavy (non-hydrogen) atoms. The van der Waals surface area contributed by atoms with Crippen molar-refractivity contribution in [3.05, 3.63) is 82.9 Å². The number of rotatable bonds is 9. The molecule has 6 rings (SSSR count). The van der Waals surface area contributed by atoms with Gasteiger partial charge in [0.1, 0.15) is 17.8 Å². The maximum atomic E-state index is 14.2. The fourth-order valence-corrected chi connectivity index (χ4v) is 5.70. The number of ether oxygens (including phenoxy) is 3. The second-order valence-electron chi connectivity index (χ2n) is 10.2. The van der Waals surface area contributed by atoms with Crippen molar-refractivity contribution in [3.8, 4) is 17.2 Å². The van der Waals surface area contributed by atoms with E-state index in [-0.39, 0.29) is 25.2 Å². The van der Waals surface area contributed by atoms with E-state index in [0.717, 1.165) is 35.2 Å². The molecule has 0 fully saturated rings. The first-order chi connectivity index (χ1) is 18.6. The highest BCUT2D eigenvalue weighted by Gasteiger charge is 2.57. The molecule has 7 nitrogen and oxygen atoms in total. The van der Waals surface area contributed by atoms with Gasteiger partial charge in [-0.05, 0) is 41.8 Å². The first-order valence-corrected chi connectivity index (χ1v) is 13.5. The molecule has 0 bridgehead atoms. The van der Waals surface area contributed by atoms with E-state index in [1.807, 2.05) is 65.6 Å². The average molecular weight is 513 g/mol. The summed E-state index contributed by atoms with van der Waals surface area (Å²) in [5.74, 6) is 1.83. The number of hydrogen-bond donors (Lipinski definition) is 1. The van der Waals surface area contributed by atoms with Crippen molar-refractivity contribution in [2.24, 2.45) is 0 Å². The van der Waals surface area contributed by atoms with E-state index in [2.05, 4.69) is 12.2 Å². The molecule has 3 aliphatic rings. The Bertz CT molecular complexity index is 1370. The zero-order valence-electron chi connectivity index (χ0n) is 21.6. The predicted octanol–water partition coefficient (Wildman–Crippen LogP) is 5.34. The van der Waals surface area contributed by atoms with E-state index in [0.29, 0.717) is 35.9 Å². The standard InChI is InChI=1S/C31H32N2O5/c1-2-3-4-5-8-15-32-29(34)22-13-11-21(12-14-22)18-33-25-10-7-6-9-23(25)31(30(33)35)19-36-26-17-28-27(16-24(26)31)37-20-38-28/h6-7,9-14,16-17H,2-5,8,15,18-20H2,1H3,(H,32,34). The van der Waals surface area contributed by atoms with E-state index in [1.165, 1.54) is 19.3 Å². The van der Waals surface area contributed by atoms with Crippen molar-refractivity contribution in [2.45, 2.75) is 51.0 Å². The summed E-state index contributed by atoms with van der Waals surface area (Å²) in [4.78, 5) is 28.5. The molecule has 0 saturated carbocycles. The number of amides is 2. The van der Waals surface area contributed by atoms with E-state index >= 15 is 0 Å². The van der Waals surface area contributed by atoms with Crippen LogP contribution in [-0.2, 0) is 16.8 Å². The Morgan fingerprint density at radius 1 is 0.895 bits per heavy atom. The monoisotopic (exact) mass is 512 g/mol. The number of fused-ring (bicyclic) bond motifs is 5. The SMILES string of the molecule is CCCCCCCNC(=O)c1ccc(CN2C(=O)C3(COc4cc5c(cc43)OCO5)c3ccccc32)cc1. The number of para-hydroxylation sites is 1. The minimum absolute atomic E-state index is 0.0267. The fourth-order valence-electron chi connectivity index (χ4n) is 5.70. The van der Waals surface area contributed by atoms with Gasteiger partial charge in [0.25, 0.3) is 5.91 Å². The highest BCUT2D eigenvalue weighted by atomic mass is 16.7. The van der Waals surface area contributed by atoms with Crippen LogP contribution >= 0.6 is 0 Å². The minimum atomic E-state index is -0.927. The van der Waals surface area contributed by atoms with Gasteiger partial charge in [-0.25, -0.2) is 0 Å². The lowest BCUT2D eigenvalue weighted by Gasteiger charge is -2.23. The number of hydrogen-bond acceptors (Lipinski definition) is 5. The predicted molar refractivity (Wildman–Crippen MR) is 144 cm³/mol. The number of carbonyl (C=O) groups is 2. The smallest absolute Gasteiger partial charge is 0.251 e. The third-order valence-corrected chi connectivity index (χ3v) is 7.77. The molecule has 1 atom stereocenters. The maximum Gasteiger partial charge on any atom is 0.251 e. The van der Waals surface area contributed by atoms with Gasteiger partial charge in [0, 0.05) is 29.4 Å². The lowest BCUT2D eigenvalue weighted by Crippen LogP contribution is -2.42. The summed E-state index contributed by atoms with van der Waals surface area (Å²) >= 11 is 0. The Labute approximate surface area is 222 Å². The molecule has 7 heteroatoms. The summed E-state index contributed by atoms with van der Waals surface area (Å²) in [5, 5.41) is 3.01. The number of nitrogens with one attached hydrogen (secondary N) is 1. The van der Waals surface area contributed by atoms with Gasteiger partial charge in [-0.1, -0.05) is 62.9 Å². The largest absolute Gasteiger partial charge is 0.491 e. The normalized spacial score (nSPS) is 18.4. The number of anilines is 1. The third-order valence-electron chi connectivity index (χ3n) is 7.77. The lowest BCUT2D eigenvalue weighted by atomic mass is 9.77. The fraction of sp³-hybridized carbons (Fsp3) is 0.355. The van der Waals surface area contributed by atoms with Gasteiger partial charge in [-0.15, -0.1) is 0 Å². The molecule has 0 saturated heterocycles. The van der Waals surface area contributed by atoms with E-state index in [1.54, 1.807) is 0 Å². The highest BCUT2D eigenvalue weighted by molar-refractivity contribution is 6.11. The Morgan fingerprint density at radius 2 is 1.66 bits per heavy atom. The minimum Gasteiger partial charge on any atom is -0.491 e. The van der Waals surface area contributed by atoms with Gasteiger partial charge in [-0.3, -0.25) is 9.59 Å². The van der Waals surface area contributed by atoms with Crippen LogP contribution < -0.4 is 24.4 Å². The molecule has 0 radical (unpaired) electrons. The summed E-state index contributed by atoms with van der Waals surface area (Å²) in [6.45, 7) is 3.68. The molecule has 0 aromatic heterocycles. The summed E-state index contributed by atoms with van der Waals surface area (Å²) < 4.78 is 17.2. The van der Waals surface area contributed by atoms with Crippen LogP contribution in [-0.4, -0.2) is 31.8 Å². The lowest BCUT2D eigenvalue weighted by molar-refractivity contribution is -0.122. The van der Waals surface area contributed by atoms with Crippen molar-refractivity contribution >= 4 is 17.5 Å². The summed E-state index contributed by atoms with van der Waals surface area (Å²) in [7, 11) is 0. The molecular formula is C31H32N2O5. The van der Waals surface area contributed by atoms with Crippen LogP contribution in [0.1, 0.15) is 66.1 Å². The van der Waals surface area contributed by atoms with Gasteiger partial charge >= 0.3 is 0 Å². The van der Waals surface area contributed by atoms with E-state index in [4.69, 9.17) is 14.2 Å². The van der Waals surface area contributed by atoms with Crippen molar-refractivity contribution < 1.29 is 23.8 Å². The van der Waals surface area contributed by atoms with Crippen molar-refractivity contribution in [2.75, 3.05) is 24.8 Å². The number of unbranched alkanes of at least 4 members (excludes halogenated alkanes) is 4. The Hall–Kier alpha value is -4.00. The van der Waals surface area contributed by atoms with Gasteiger partial charge in [0.2, 0.25) is 12.7 Å². The van der Waals surface area contributed by atoms with Crippen molar-refractivity contribution in [1.29, 1.82) is 0 Å². The molecule has 2 amide bonds. The molecule has 3 aliphatic heterocycles. The van der Waals surface area contributed by atoms with Crippen LogP contribution in [0.2, 0.25) is 0 Å². The quantitative estimate of drug-likeness (QED) is 0.392. The van der Waals surface area contributed by atoms with Crippen LogP contribution in [0, 0.1) is 0 Å². The first-order valence-electron chi connectivity index (χ1n) is 13.5. The van der Waals surface area contributed by atoms with E-state index < -0.39 is 5.41 Å². The summed E-state index contributed by atoms with van der Waals surface area (Å²) in [6, 6.07) is 19.1. The first kappa shape index (κ1) is 24.3. The van der Waals surface area contributed by atoms with Crippen LogP contribution in [0.3, 0.4) is 0 Å². The van der Waals surface area contributed by atoms with Crippen LogP contribution in [0.4, 0.5) is 5.69 Å². The molecule has 3 aromatic carbocycles. The van der Waals surface area contributed by atoms with Gasteiger partial charge in [0.05, 0.1) is 6.54 Å². The van der Waals surface area contributed by atoms with Gasteiger partial charge in [0.15, 0.2) is 11.5 Å². The third kappa shape index (κ3) is 4.06. The second kappa shape index (κ2) is 10.0. The Kier molecular flexibility index (Phi) is 6.44. The summed E-state index contributed by atoms with van der Waals surface area (Å²) in [6.07, 6.45) is 5.80. The molecule has 196 valence electrons. The highest BCUT2D eigenvalue weighted by Crippen LogP contribution is 2.55. The maximum absolute atomic E-state index is 14.2. The molecule has 3 aromatic rings. The molecule has 1 spiro atoms. The van der Waals surface area contributed by atoms with Gasteiger partial charge in [-0.2, -0.15) is 0 Å². The second-order valence-corrected chi connectivity index (χ2v) is 10.2. The van der Waals surface area contributed by atoms with Crippen molar-refractivity contribution in [3.63, 3.8) is 0 Å².